The van der Waals surface area contributed by atoms with E-state index in [1.165, 1.54) is 13.2 Å². The van der Waals surface area contributed by atoms with E-state index in [0.717, 1.165) is 5.56 Å². The van der Waals surface area contributed by atoms with Crippen LogP contribution < -0.4 is 20.5 Å². The van der Waals surface area contributed by atoms with Crippen LogP contribution in [0.3, 0.4) is 0 Å². The molecule has 0 heterocycles. The number of ether oxygens (including phenoxy) is 2. The molecule has 0 saturated carbocycles. The van der Waals surface area contributed by atoms with Crippen molar-refractivity contribution < 1.29 is 19.1 Å². The molecule has 0 aliphatic rings. The predicted octanol–water partition coefficient (Wildman–Crippen LogP) is 2.12. The molecule has 2 rings (SSSR count). The molecule has 0 fully saturated rings. The zero-order valence-corrected chi connectivity index (χ0v) is 13.0. The number of anilines is 1. The van der Waals surface area contributed by atoms with E-state index in [2.05, 4.69) is 5.32 Å². The van der Waals surface area contributed by atoms with Crippen LogP contribution in [0, 0.1) is 6.92 Å². The van der Waals surface area contributed by atoms with Crippen LogP contribution in [0.2, 0.25) is 0 Å². The molecule has 0 radical (unpaired) electrons. The Hall–Kier alpha value is -3.02. The van der Waals surface area contributed by atoms with Gasteiger partial charge in [-0.05, 0) is 30.7 Å². The monoisotopic (exact) mass is 314 g/mol. The molecule has 0 aliphatic heterocycles. The van der Waals surface area contributed by atoms with Crippen molar-refractivity contribution in [2.45, 2.75) is 6.92 Å². The number of nitrogens with two attached hydrogens (primary N) is 1. The maximum absolute atomic E-state index is 12.0. The quantitative estimate of drug-likeness (QED) is 0.854. The Bertz CT molecular complexity index is 728. The highest BCUT2D eigenvalue weighted by Crippen LogP contribution is 2.30. The molecule has 2 amide bonds. The van der Waals surface area contributed by atoms with Crippen LogP contribution >= 0.6 is 0 Å². The lowest BCUT2D eigenvalue weighted by Gasteiger charge is -2.14. The van der Waals surface area contributed by atoms with Crippen LogP contribution in [0.5, 0.6) is 11.5 Å². The van der Waals surface area contributed by atoms with Gasteiger partial charge in [0.1, 0.15) is 0 Å². The summed E-state index contributed by atoms with van der Waals surface area (Å²) in [6.07, 6.45) is 0. The number of methoxy groups -OCH3 is 1. The summed E-state index contributed by atoms with van der Waals surface area (Å²) in [5.41, 5.74) is 7.12. The van der Waals surface area contributed by atoms with E-state index < -0.39 is 5.91 Å². The largest absolute Gasteiger partial charge is 0.493 e. The fraction of sp³-hybridized carbons (Fsp3) is 0.176. The van der Waals surface area contributed by atoms with E-state index >= 15 is 0 Å². The molecule has 120 valence electrons. The van der Waals surface area contributed by atoms with Crippen molar-refractivity contribution in [3.05, 3.63) is 53.6 Å². The number of carbonyl (C=O) groups excluding carboxylic acids is 2. The van der Waals surface area contributed by atoms with E-state index in [4.69, 9.17) is 15.2 Å². The van der Waals surface area contributed by atoms with Gasteiger partial charge in [-0.25, -0.2) is 0 Å². The number of benzene rings is 2. The Kier molecular flexibility index (Phi) is 5.19. The maximum atomic E-state index is 12.0. The first-order valence-corrected chi connectivity index (χ1v) is 6.98. The third-order valence-corrected chi connectivity index (χ3v) is 3.23. The molecule has 6 heteroatoms. The lowest BCUT2D eigenvalue weighted by atomic mass is 10.2. The third kappa shape index (κ3) is 4.00. The van der Waals surface area contributed by atoms with Gasteiger partial charge in [-0.3, -0.25) is 9.59 Å². The van der Waals surface area contributed by atoms with Crippen molar-refractivity contribution in [3.8, 4) is 11.5 Å². The second kappa shape index (κ2) is 7.31. The molecule has 0 aliphatic carbocycles. The summed E-state index contributed by atoms with van der Waals surface area (Å²) in [4.78, 5) is 23.5. The van der Waals surface area contributed by atoms with Gasteiger partial charge in [0.15, 0.2) is 18.1 Å². The molecule has 0 bridgehead atoms. The lowest BCUT2D eigenvalue weighted by Crippen LogP contribution is -2.22. The Morgan fingerprint density at radius 3 is 2.52 bits per heavy atom. The average molecular weight is 314 g/mol. The average Bonchev–Trinajstić information content (AvgIpc) is 2.54. The van der Waals surface area contributed by atoms with E-state index in [0.29, 0.717) is 11.4 Å². The van der Waals surface area contributed by atoms with Crippen molar-refractivity contribution in [2.24, 2.45) is 5.73 Å². The molecule has 0 saturated heterocycles. The molecular weight excluding hydrogens is 296 g/mol. The van der Waals surface area contributed by atoms with Gasteiger partial charge in [-0.15, -0.1) is 0 Å². The molecule has 0 aromatic heterocycles. The molecule has 23 heavy (non-hydrogen) atoms. The van der Waals surface area contributed by atoms with Crippen LogP contribution in [0.4, 0.5) is 5.69 Å². The van der Waals surface area contributed by atoms with Crippen molar-refractivity contribution in [1.82, 2.24) is 0 Å². The number of amides is 2. The normalized spacial score (nSPS) is 10.0. The van der Waals surface area contributed by atoms with Crippen molar-refractivity contribution in [3.63, 3.8) is 0 Å². The maximum Gasteiger partial charge on any atom is 0.262 e. The second-order valence-electron chi connectivity index (χ2n) is 4.85. The smallest absolute Gasteiger partial charge is 0.262 e. The summed E-state index contributed by atoms with van der Waals surface area (Å²) >= 11 is 0. The molecule has 2 aromatic rings. The standard InChI is InChI=1S/C17H18N2O4/c1-11-6-3-4-8-13(11)19-15(20)10-23-16-12(17(18)21)7-5-9-14(16)22-2/h3-9H,10H2,1-2H3,(H2,18,21)(H,19,20). The number of carbonyl (C=O) groups is 2. The van der Waals surface area contributed by atoms with Gasteiger partial charge in [0.05, 0.1) is 12.7 Å². The van der Waals surface area contributed by atoms with Gasteiger partial charge in [-0.1, -0.05) is 24.3 Å². The van der Waals surface area contributed by atoms with Crippen molar-refractivity contribution in [2.75, 3.05) is 19.0 Å². The minimum absolute atomic E-state index is 0.155. The first-order valence-electron chi connectivity index (χ1n) is 6.98. The van der Waals surface area contributed by atoms with Gasteiger partial charge < -0.3 is 20.5 Å². The first-order chi connectivity index (χ1) is 11.0. The van der Waals surface area contributed by atoms with E-state index in [1.807, 2.05) is 25.1 Å². The first kappa shape index (κ1) is 16.4. The third-order valence-electron chi connectivity index (χ3n) is 3.23. The molecule has 2 aromatic carbocycles. The zero-order valence-electron chi connectivity index (χ0n) is 13.0. The number of para-hydroxylation sites is 2. The number of hydrogen-bond acceptors (Lipinski definition) is 4. The molecular formula is C17H18N2O4. The second-order valence-corrected chi connectivity index (χ2v) is 4.85. The molecule has 6 nitrogen and oxygen atoms in total. The van der Waals surface area contributed by atoms with Crippen LogP contribution in [0.1, 0.15) is 15.9 Å². The number of hydrogen-bond donors (Lipinski definition) is 2. The van der Waals surface area contributed by atoms with Crippen LogP contribution in [-0.4, -0.2) is 25.5 Å². The fourth-order valence-electron chi connectivity index (χ4n) is 2.06. The summed E-state index contributed by atoms with van der Waals surface area (Å²) in [6, 6.07) is 12.2. The van der Waals surface area contributed by atoms with E-state index in [-0.39, 0.29) is 23.8 Å². The number of aryl methyl sites for hydroxylation is 1. The predicted molar refractivity (Wildman–Crippen MR) is 86.8 cm³/mol. The van der Waals surface area contributed by atoms with E-state index in [9.17, 15) is 9.59 Å². The van der Waals surface area contributed by atoms with Gasteiger partial charge in [0.2, 0.25) is 0 Å². The number of nitrogens with one attached hydrogen (secondary N) is 1. The van der Waals surface area contributed by atoms with Gasteiger partial charge in [-0.2, -0.15) is 0 Å². The molecule has 0 spiro atoms. The SMILES string of the molecule is COc1cccc(C(N)=O)c1OCC(=O)Nc1ccccc1C. The minimum atomic E-state index is -0.654. The van der Waals surface area contributed by atoms with Crippen molar-refractivity contribution >= 4 is 17.5 Å². The van der Waals surface area contributed by atoms with Crippen LogP contribution in [0.25, 0.3) is 0 Å². The summed E-state index contributed by atoms with van der Waals surface area (Å²) < 4.78 is 10.6. The van der Waals surface area contributed by atoms with Gasteiger partial charge >= 0.3 is 0 Å². The van der Waals surface area contributed by atoms with Crippen molar-refractivity contribution in [1.29, 1.82) is 0 Å². The Morgan fingerprint density at radius 2 is 1.87 bits per heavy atom. The highest BCUT2D eigenvalue weighted by Gasteiger charge is 2.16. The van der Waals surface area contributed by atoms with E-state index in [1.54, 1.807) is 18.2 Å². The highest BCUT2D eigenvalue weighted by molar-refractivity contribution is 5.97. The summed E-state index contributed by atoms with van der Waals surface area (Å²) in [6.45, 7) is 1.62. The zero-order chi connectivity index (χ0) is 16.8. The van der Waals surface area contributed by atoms with Crippen LogP contribution in [-0.2, 0) is 4.79 Å². The molecule has 0 unspecified atom stereocenters. The Labute approximate surface area is 134 Å². The topological polar surface area (TPSA) is 90.7 Å². The highest BCUT2D eigenvalue weighted by atomic mass is 16.5. The number of primary amides is 1. The fourth-order valence-corrected chi connectivity index (χ4v) is 2.06. The van der Waals surface area contributed by atoms with Gasteiger partial charge in [0, 0.05) is 5.69 Å². The summed E-state index contributed by atoms with van der Waals surface area (Å²) in [7, 11) is 1.44. The Balaban J connectivity index is 2.10. The molecule has 3 N–H and O–H groups in total. The van der Waals surface area contributed by atoms with Gasteiger partial charge in [0.25, 0.3) is 11.8 Å². The minimum Gasteiger partial charge on any atom is -0.493 e. The molecule has 0 atom stereocenters. The summed E-state index contributed by atoms with van der Waals surface area (Å²) in [5.74, 6) is -0.508. The number of rotatable bonds is 6. The summed E-state index contributed by atoms with van der Waals surface area (Å²) in [5, 5.41) is 2.75. The Morgan fingerprint density at radius 1 is 1.13 bits per heavy atom. The lowest BCUT2D eigenvalue weighted by molar-refractivity contribution is -0.118. The van der Waals surface area contributed by atoms with Crippen LogP contribution in [0.15, 0.2) is 42.5 Å².